The van der Waals surface area contributed by atoms with Gasteiger partial charge in [-0.15, -0.1) is 0 Å². The quantitative estimate of drug-likeness (QED) is 0.435. The third-order valence-corrected chi connectivity index (χ3v) is 5.67. The Kier molecular flexibility index (Phi) is 7.51. The molecule has 2 amide bonds. The molecule has 1 N–H and O–H groups in total. The molecule has 10 heteroatoms. The number of para-hydroxylation sites is 2. The Morgan fingerprint density at radius 1 is 1.03 bits per heavy atom. The van der Waals surface area contributed by atoms with Crippen molar-refractivity contribution in [2.24, 2.45) is 4.99 Å². The van der Waals surface area contributed by atoms with Crippen LogP contribution in [0, 0.1) is 5.82 Å². The number of amides is 2. The lowest BCUT2D eigenvalue weighted by Gasteiger charge is -2.18. The van der Waals surface area contributed by atoms with Crippen molar-refractivity contribution in [3.8, 4) is 5.75 Å². The first-order valence-corrected chi connectivity index (χ1v) is 11.3. The summed E-state index contributed by atoms with van der Waals surface area (Å²) in [5.41, 5.74) is 1.38. The monoisotopic (exact) mass is 497 g/mol. The van der Waals surface area contributed by atoms with Crippen LogP contribution in [0.3, 0.4) is 0 Å². The predicted molar refractivity (Wildman–Crippen MR) is 130 cm³/mol. The van der Waals surface area contributed by atoms with Gasteiger partial charge in [-0.05, 0) is 48.0 Å². The van der Waals surface area contributed by atoms with Gasteiger partial charge in [-0.1, -0.05) is 54.2 Å². The maximum absolute atomic E-state index is 13.4. The Balaban J connectivity index is 1.54. The van der Waals surface area contributed by atoms with E-state index in [9.17, 15) is 22.8 Å². The summed E-state index contributed by atoms with van der Waals surface area (Å²) < 4.78 is 43.1. The van der Waals surface area contributed by atoms with Gasteiger partial charge in [0.05, 0.1) is 17.1 Å². The van der Waals surface area contributed by atoms with Crippen LogP contribution in [0.5, 0.6) is 5.75 Å². The van der Waals surface area contributed by atoms with Gasteiger partial charge in [-0.2, -0.15) is 8.78 Å². The van der Waals surface area contributed by atoms with Gasteiger partial charge in [0.25, 0.3) is 5.91 Å². The zero-order valence-electron chi connectivity index (χ0n) is 18.0. The molecule has 3 aromatic carbocycles. The minimum Gasteiger partial charge on any atom is -0.433 e. The van der Waals surface area contributed by atoms with Gasteiger partial charge in [0, 0.05) is 0 Å². The van der Waals surface area contributed by atoms with Crippen LogP contribution in [0.4, 0.5) is 24.5 Å². The first-order valence-electron chi connectivity index (χ1n) is 10.3. The third-order valence-electron chi connectivity index (χ3n) is 4.73. The van der Waals surface area contributed by atoms with E-state index in [0.717, 1.165) is 17.3 Å². The van der Waals surface area contributed by atoms with Crippen LogP contribution in [0.1, 0.15) is 5.56 Å². The van der Waals surface area contributed by atoms with Crippen molar-refractivity contribution in [2.75, 3.05) is 16.0 Å². The summed E-state index contributed by atoms with van der Waals surface area (Å²) >= 11 is 0.976. The number of benzene rings is 3. The lowest BCUT2D eigenvalue weighted by atomic mass is 10.2. The lowest BCUT2D eigenvalue weighted by molar-refractivity contribution is -0.114. The van der Waals surface area contributed by atoms with Crippen molar-refractivity contribution in [2.45, 2.75) is 6.61 Å². The van der Waals surface area contributed by atoms with E-state index in [0.29, 0.717) is 5.69 Å². The summed E-state index contributed by atoms with van der Waals surface area (Å²) in [5.74, 6) is -1.76. The number of amidine groups is 1. The van der Waals surface area contributed by atoms with E-state index in [1.54, 1.807) is 12.1 Å². The molecule has 6 nitrogen and oxygen atoms in total. The molecule has 0 radical (unpaired) electrons. The number of carbonyl (C=O) groups is 2. The van der Waals surface area contributed by atoms with E-state index >= 15 is 0 Å². The minimum atomic E-state index is -3.04. The van der Waals surface area contributed by atoms with Crippen molar-refractivity contribution in [3.63, 3.8) is 0 Å². The average molecular weight is 497 g/mol. The molecule has 178 valence electrons. The van der Waals surface area contributed by atoms with Crippen molar-refractivity contribution in [3.05, 3.63) is 95.9 Å². The maximum Gasteiger partial charge on any atom is 0.387 e. The summed E-state index contributed by atoms with van der Waals surface area (Å²) in [4.78, 5) is 31.4. The number of nitrogens with zero attached hydrogens (tertiary/aromatic N) is 2. The minimum absolute atomic E-state index is 0.0860. The van der Waals surface area contributed by atoms with Crippen LogP contribution >= 0.6 is 11.8 Å². The summed E-state index contributed by atoms with van der Waals surface area (Å²) in [6, 6.07) is 20.2. The molecule has 0 saturated heterocycles. The second kappa shape index (κ2) is 10.9. The third kappa shape index (κ3) is 6.10. The molecule has 1 aliphatic rings. The molecule has 0 fully saturated rings. The summed E-state index contributed by atoms with van der Waals surface area (Å²) in [7, 11) is 0. The fourth-order valence-electron chi connectivity index (χ4n) is 3.20. The molecule has 0 atom stereocenters. The lowest BCUT2D eigenvalue weighted by Crippen LogP contribution is -2.31. The molecule has 1 heterocycles. The molecule has 0 aliphatic carbocycles. The molecular weight excluding hydrogens is 479 g/mol. The zero-order valence-corrected chi connectivity index (χ0v) is 18.8. The number of aliphatic imine (C=N–C) groups is 1. The first-order chi connectivity index (χ1) is 16.9. The van der Waals surface area contributed by atoms with E-state index in [-0.39, 0.29) is 28.1 Å². The smallest absolute Gasteiger partial charge is 0.387 e. The molecule has 35 heavy (non-hydrogen) atoms. The number of thioether (sulfide) groups is 1. The van der Waals surface area contributed by atoms with Gasteiger partial charge in [-0.25, -0.2) is 9.38 Å². The van der Waals surface area contributed by atoms with Crippen LogP contribution in [0.25, 0.3) is 6.08 Å². The number of carbonyl (C=O) groups excluding carboxylic acids is 2. The molecule has 0 aromatic heterocycles. The normalized spacial score (nSPS) is 14.4. The summed E-state index contributed by atoms with van der Waals surface area (Å²) in [6.45, 7) is -3.04. The molecule has 4 rings (SSSR count). The Morgan fingerprint density at radius 3 is 2.43 bits per heavy atom. The molecule has 0 unspecified atom stereocenters. The zero-order chi connectivity index (χ0) is 24.8. The largest absolute Gasteiger partial charge is 0.433 e. The highest BCUT2D eigenvalue weighted by molar-refractivity contribution is 8.14. The molecule has 0 bridgehead atoms. The molecule has 0 spiro atoms. The maximum atomic E-state index is 13.4. The van der Waals surface area contributed by atoms with E-state index in [1.165, 1.54) is 47.4 Å². The summed E-state index contributed by atoms with van der Waals surface area (Å²) in [6.07, 6.45) is 1.62. The highest BCUT2D eigenvalue weighted by Gasteiger charge is 2.32. The second-order valence-corrected chi connectivity index (χ2v) is 8.11. The Bertz CT molecular complexity index is 1280. The number of alkyl halides is 2. The Morgan fingerprint density at radius 2 is 1.71 bits per heavy atom. The van der Waals surface area contributed by atoms with Gasteiger partial charge in [0.2, 0.25) is 5.91 Å². The van der Waals surface area contributed by atoms with Crippen molar-refractivity contribution in [1.82, 2.24) is 0 Å². The van der Waals surface area contributed by atoms with Gasteiger partial charge in [0.1, 0.15) is 17.3 Å². The number of halogens is 3. The van der Waals surface area contributed by atoms with Crippen LogP contribution in [-0.4, -0.2) is 29.3 Å². The van der Waals surface area contributed by atoms with E-state index in [4.69, 9.17) is 0 Å². The number of anilines is 2. The summed E-state index contributed by atoms with van der Waals surface area (Å²) in [5, 5.41) is 2.74. The predicted octanol–water partition coefficient (Wildman–Crippen LogP) is 5.54. The van der Waals surface area contributed by atoms with Gasteiger partial charge in [0.15, 0.2) is 5.17 Å². The average Bonchev–Trinajstić information content (AvgIpc) is 3.15. The van der Waals surface area contributed by atoms with Crippen molar-refractivity contribution in [1.29, 1.82) is 0 Å². The Hall–Kier alpha value is -4.05. The van der Waals surface area contributed by atoms with Crippen molar-refractivity contribution < 1.29 is 27.5 Å². The van der Waals surface area contributed by atoms with E-state index in [2.05, 4.69) is 15.0 Å². The fourth-order valence-corrected chi connectivity index (χ4v) is 4.02. The molecule has 3 aromatic rings. The van der Waals surface area contributed by atoms with Crippen LogP contribution in [-0.2, 0) is 9.59 Å². The number of rotatable bonds is 7. The topological polar surface area (TPSA) is 71.0 Å². The SMILES string of the molecule is O=C(CSC1=N/C(=C\c2ccccc2)C(=O)N1c1ccc(F)cc1)Nc1ccccc1OC(F)F. The number of hydrogen-bond acceptors (Lipinski definition) is 5. The number of hydrogen-bond donors (Lipinski definition) is 1. The van der Waals surface area contributed by atoms with Crippen LogP contribution in [0.15, 0.2) is 89.6 Å². The Labute approximate surface area is 203 Å². The van der Waals surface area contributed by atoms with Crippen molar-refractivity contribution >= 4 is 46.2 Å². The van der Waals surface area contributed by atoms with Crippen LogP contribution in [0.2, 0.25) is 0 Å². The fraction of sp³-hybridized carbons (Fsp3) is 0.0800. The molecule has 0 saturated carbocycles. The highest BCUT2D eigenvalue weighted by Crippen LogP contribution is 2.30. The number of nitrogens with one attached hydrogen (secondary N) is 1. The van der Waals surface area contributed by atoms with E-state index < -0.39 is 24.2 Å². The number of ether oxygens (including phenoxy) is 1. The highest BCUT2D eigenvalue weighted by atomic mass is 32.2. The first kappa shape index (κ1) is 24.1. The van der Waals surface area contributed by atoms with Gasteiger partial charge in [-0.3, -0.25) is 14.5 Å². The van der Waals surface area contributed by atoms with E-state index in [1.807, 2.05) is 30.3 Å². The second-order valence-electron chi connectivity index (χ2n) is 7.16. The van der Waals surface area contributed by atoms with Gasteiger partial charge < -0.3 is 10.1 Å². The van der Waals surface area contributed by atoms with Gasteiger partial charge >= 0.3 is 6.61 Å². The molecule has 1 aliphatic heterocycles. The van der Waals surface area contributed by atoms with Crippen LogP contribution < -0.4 is 15.0 Å². The molecular formula is C25H18F3N3O3S. The standard InChI is InChI=1S/C25H18F3N3O3S/c26-17-10-12-18(13-11-17)31-23(33)20(14-16-6-2-1-3-7-16)30-25(31)35-15-22(32)29-19-8-4-5-9-21(19)34-24(27)28/h1-14,24H,15H2,(H,29,32)/b20-14-.